The third kappa shape index (κ3) is 4.17. The first kappa shape index (κ1) is 13.2. The summed E-state index contributed by atoms with van der Waals surface area (Å²) >= 11 is 0. The number of aryl methyl sites for hydroxylation is 1. The van der Waals surface area contributed by atoms with Gasteiger partial charge in [-0.1, -0.05) is 59.9 Å². The Bertz CT molecular complexity index is 562. The van der Waals surface area contributed by atoms with Crippen LogP contribution in [0.4, 0.5) is 0 Å². The molecule has 2 rings (SSSR count). The van der Waals surface area contributed by atoms with E-state index in [4.69, 9.17) is 4.74 Å². The predicted molar refractivity (Wildman–Crippen MR) is 75.9 cm³/mol. The van der Waals surface area contributed by atoms with E-state index in [0.717, 1.165) is 11.3 Å². The van der Waals surface area contributed by atoms with Crippen LogP contribution in [0.25, 0.3) is 0 Å². The molecule has 0 amide bonds. The summed E-state index contributed by atoms with van der Waals surface area (Å²) in [6.45, 7) is 2.30. The largest absolute Gasteiger partial charge is 0.481 e. The molecule has 1 N–H and O–H groups in total. The highest BCUT2D eigenvalue weighted by molar-refractivity contribution is 5.27. The van der Waals surface area contributed by atoms with Gasteiger partial charge in [-0.05, 0) is 24.6 Å². The van der Waals surface area contributed by atoms with Gasteiger partial charge in [0.2, 0.25) is 0 Å². The molecule has 0 saturated heterocycles. The van der Waals surface area contributed by atoms with Gasteiger partial charge in [-0.3, -0.25) is 0 Å². The summed E-state index contributed by atoms with van der Waals surface area (Å²) in [5.41, 5.74) is 1.99. The molecule has 0 saturated carbocycles. The lowest BCUT2D eigenvalue weighted by molar-refractivity contribution is 0.238. The first-order valence-electron chi connectivity index (χ1n) is 6.16. The van der Waals surface area contributed by atoms with Crippen molar-refractivity contribution in [3.63, 3.8) is 0 Å². The second kappa shape index (κ2) is 6.63. The number of rotatable bonds is 3. The predicted octanol–water partition coefficient (Wildman–Crippen LogP) is 3.11. The van der Waals surface area contributed by atoms with Crippen LogP contribution >= 0.6 is 0 Å². The van der Waals surface area contributed by atoms with E-state index in [9.17, 15) is 5.11 Å². The Labute approximate surface area is 113 Å². The number of aliphatic hydroxyl groups is 1. The van der Waals surface area contributed by atoms with E-state index < -0.39 is 6.10 Å². The fraction of sp³-hybridized carbons (Fsp3) is 0.176. The summed E-state index contributed by atoms with van der Waals surface area (Å²) in [5.74, 6) is 6.37. The lowest BCUT2D eigenvalue weighted by Crippen LogP contribution is -1.97. The zero-order valence-electron chi connectivity index (χ0n) is 10.8. The van der Waals surface area contributed by atoms with Crippen LogP contribution in [-0.4, -0.2) is 11.7 Å². The van der Waals surface area contributed by atoms with Gasteiger partial charge in [0.05, 0.1) is 0 Å². The second-order valence-electron chi connectivity index (χ2n) is 4.24. The summed E-state index contributed by atoms with van der Waals surface area (Å²) in [4.78, 5) is 0. The Morgan fingerprint density at radius 3 is 2.42 bits per heavy atom. The number of benzene rings is 2. The minimum absolute atomic E-state index is 0.271. The van der Waals surface area contributed by atoms with Crippen LogP contribution in [0.1, 0.15) is 17.2 Å². The maximum atomic E-state index is 9.82. The zero-order valence-corrected chi connectivity index (χ0v) is 10.8. The highest BCUT2D eigenvalue weighted by Crippen LogP contribution is 2.12. The Balaban J connectivity index is 1.86. The van der Waals surface area contributed by atoms with Crippen molar-refractivity contribution in [3.05, 3.63) is 65.7 Å². The van der Waals surface area contributed by atoms with E-state index in [1.54, 1.807) is 0 Å². The van der Waals surface area contributed by atoms with Gasteiger partial charge in [0.1, 0.15) is 18.5 Å². The molecule has 2 nitrogen and oxygen atoms in total. The number of hydrogen-bond donors (Lipinski definition) is 1. The molecule has 0 aromatic heterocycles. The zero-order chi connectivity index (χ0) is 13.5. The molecular formula is C17H16O2. The summed E-state index contributed by atoms with van der Waals surface area (Å²) in [6.07, 6.45) is -0.761. The van der Waals surface area contributed by atoms with E-state index in [0.29, 0.717) is 0 Å². The standard InChI is InChI=1S/C17H16O2/c1-14-9-11-16(12-10-14)19-13-5-8-17(18)15-6-3-2-4-7-15/h2-4,6-7,9-12,17-18H,13H2,1H3. The molecule has 2 aromatic rings. The molecule has 0 aliphatic heterocycles. The molecule has 0 fully saturated rings. The van der Waals surface area contributed by atoms with Crippen molar-refractivity contribution in [1.29, 1.82) is 0 Å². The fourth-order valence-corrected chi connectivity index (χ4v) is 1.61. The fourth-order valence-electron chi connectivity index (χ4n) is 1.61. The van der Waals surface area contributed by atoms with Crippen molar-refractivity contribution in [3.8, 4) is 17.6 Å². The van der Waals surface area contributed by atoms with Crippen LogP contribution in [-0.2, 0) is 0 Å². The number of ether oxygens (including phenoxy) is 1. The smallest absolute Gasteiger partial charge is 0.149 e. The molecule has 2 heteroatoms. The topological polar surface area (TPSA) is 29.5 Å². The van der Waals surface area contributed by atoms with Crippen LogP contribution in [0.3, 0.4) is 0 Å². The highest BCUT2D eigenvalue weighted by atomic mass is 16.5. The molecule has 96 valence electrons. The van der Waals surface area contributed by atoms with Gasteiger partial charge in [-0.15, -0.1) is 0 Å². The Morgan fingerprint density at radius 1 is 1.05 bits per heavy atom. The van der Waals surface area contributed by atoms with Gasteiger partial charge in [-0.2, -0.15) is 0 Å². The van der Waals surface area contributed by atoms with Gasteiger partial charge in [0, 0.05) is 0 Å². The molecule has 0 aliphatic carbocycles. The molecule has 0 heterocycles. The average Bonchev–Trinajstić information content (AvgIpc) is 2.46. The molecular weight excluding hydrogens is 236 g/mol. The summed E-state index contributed by atoms with van der Waals surface area (Å²) in [7, 11) is 0. The highest BCUT2D eigenvalue weighted by Gasteiger charge is 2.00. The van der Waals surface area contributed by atoms with Gasteiger partial charge < -0.3 is 9.84 Å². The van der Waals surface area contributed by atoms with E-state index in [-0.39, 0.29) is 6.61 Å². The van der Waals surface area contributed by atoms with Crippen molar-refractivity contribution in [2.75, 3.05) is 6.61 Å². The van der Waals surface area contributed by atoms with Crippen LogP contribution in [0.2, 0.25) is 0 Å². The van der Waals surface area contributed by atoms with Crippen LogP contribution in [0.5, 0.6) is 5.75 Å². The van der Waals surface area contributed by atoms with Crippen LogP contribution < -0.4 is 4.74 Å². The van der Waals surface area contributed by atoms with Crippen molar-refractivity contribution >= 4 is 0 Å². The molecule has 19 heavy (non-hydrogen) atoms. The minimum Gasteiger partial charge on any atom is -0.481 e. The molecule has 0 bridgehead atoms. The molecule has 1 atom stereocenters. The van der Waals surface area contributed by atoms with Crippen molar-refractivity contribution in [2.45, 2.75) is 13.0 Å². The molecule has 1 unspecified atom stereocenters. The average molecular weight is 252 g/mol. The second-order valence-corrected chi connectivity index (χ2v) is 4.24. The third-order valence-corrected chi connectivity index (χ3v) is 2.69. The van der Waals surface area contributed by atoms with E-state index in [2.05, 4.69) is 11.8 Å². The quantitative estimate of drug-likeness (QED) is 0.850. The maximum Gasteiger partial charge on any atom is 0.149 e. The van der Waals surface area contributed by atoms with Crippen molar-refractivity contribution in [2.24, 2.45) is 0 Å². The summed E-state index contributed by atoms with van der Waals surface area (Å²) < 4.78 is 5.46. The van der Waals surface area contributed by atoms with Crippen molar-refractivity contribution < 1.29 is 9.84 Å². The molecule has 0 spiro atoms. The van der Waals surface area contributed by atoms with Gasteiger partial charge in [0.15, 0.2) is 0 Å². The van der Waals surface area contributed by atoms with Crippen LogP contribution in [0.15, 0.2) is 54.6 Å². The Morgan fingerprint density at radius 2 is 1.74 bits per heavy atom. The van der Waals surface area contributed by atoms with E-state index >= 15 is 0 Å². The normalized spacial score (nSPS) is 11.3. The minimum atomic E-state index is -0.761. The number of aliphatic hydroxyl groups excluding tert-OH is 1. The molecule has 2 aromatic carbocycles. The first-order valence-corrected chi connectivity index (χ1v) is 6.16. The molecule has 0 aliphatic rings. The monoisotopic (exact) mass is 252 g/mol. The lowest BCUT2D eigenvalue weighted by Gasteiger charge is -2.03. The molecule has 0 radical (unpaired) electrons. The maximum absolute atomic E-state index is 9.82. The first-order chi connectivity index (χ1) is 9.25. The van der Waals surface area contributed by atoms with E-state index in [1.807, 2.05) is 61.5 Å². The SMILES string of the molecule is Cc1ccc(OCC#CC(O)c2ccccc2)cc1. The van der Waals surface area contributed by atoms with Gasteiger partial charge in [0.25, 0.3) is 0 Å². The van der Waals surface area contributed by atoms with Gasteiger partial charge in [-0.25, -0.2) is 0 Å². The van der Waals surface area contributed by atoms with E-state index in [1.165, 1.54) is 5.56 Å². The van der Waals surface area contributed by atoms with Crippen LogP contribution in [0, 0.1) is 18.8 Å². The summed E-state index contributed by atoms with van der Waals surface area (Å²) in [5, 5.41) is 9.82. The van der Waals surface area contributed by atoms with Gasteiger partial charge >= 0.3 is 0 Å². The van der Waals surface area contributed by atoms with Crippen molar-refractivity contribution in [1.82, 2.24) is 0 Å². The summed E-state index contributed by atoms with van der Waals surface area (Å²) in [6, 6.07) is 17.1. The third-order valence-electron chi connectivity index (χ3n) is 2.69. The Hall–Kier alpha value is -2.24. The lowest BCUT2D eigenvalue weighted by atomic mass is 10.1. The Kier molecular flexibility index (Phi) is 4.60. The number of hydrogen-bond acceptors (Lipinski definition) is 2.